The smallest absolute Gasteiger partial charge is 0.338 e. The standard InChI is InChI=1S/C30H36ClF3N6O2/c1-4-42-30(41)27-24(18-39-11-7-37(2)8-12-39)35-29(36-28(27)21-6-5-19(32)15-22(21)31)26-23(34)16-20(33)17-25(26)40-13-9-38(3)10-14-40/h5-6,15-17,28H,4,7-14,18H2,1-3H3,(H,35,36). The first-order valence-corrected chi connectivity index (χ1v) is 14.6. The highest BCUT2D eigenvalue weighted by molar-refractivity contribution is 6.31. The minimum absolute atomic E-state index is 0.0737. The zero-order valence-corrected chi connectivity index (χ0v) is 24.9. The molecule has 5 rings (SSSR count). The van der Waals surface area contributed by atoms with Crippen LogP contribution in [-0.2, 0) is 9.53 Å². The van der Waals surface area contributed by atoms with E-state index >= 15 is 4.39 Å². The van der Waals surface area contributed by atoms with Crippen molar-refractivity contribution in [3.05, 3.63) is 75.2 Å². The van der Waals surface area contributed by atoms with Gasteiger partial charge in [0.2, 0.25) is 0 Å². The normalized spacial score (nSPS) is 20.9. The summed E-state index contributed by atoms with van der Waals surface area (Å²) < 4.78 is 50.0. The van der Waals surface area contributed by atoms with Gasteiger partial charge in [0.25, 0.3) is 0 Å². The molecule has 0 saturated carbocycles. The van der Waals surface area contributed by atoms with Crippen LogP contribution in [0.5, 0.6) is 0 Å². The first kappa shape index (κ1) is 30.3. The minimum atomic E-state index is -1.01. The Morgan fingerprint density at radius 1 is 0.976 bits per heavy atom. The molecule has 0 aliphatic carbocycles. The lowest BCUT2D eigenvalue weighted by molar-refractivity contribution is -0.139. The molecule has 2 aromatic carbocycles. The number of benzene rings is 2. The van der Waals surface area contributed by atoms with Gasteiger partial charge in [-0.3, -0.25) is 9.89 Å². The molecule has 0 bridgehead atoms. The van der Waals surface area contributed by atoms with Crippen molar-refractivity contribution in [1.29, 1.82) is 0 Å². The van der Waals surface area contributed by atoms with Gasteiger partial charge in [-0.2, -0.15) is 0 Å². The van der Waals surface area contributed by atoms with Gasteiger partial charge in [0.15, 0.2) is 0 Å². The summed E-state index contributed by atoms with van der Waals surface area (Å²) in [6.07, 6.45) is 0. The molecular formula is C30H36ClF3N6O2. The van der Waals surface area contributed by atoms with E-state index in [1.54, 1.807) is 6.92 Å². The number of likely N-dealkylation sites (N-methyl/N-ethyl adjacent to an activating group) is 2. The van der Waals surface area contributed by atoms with Crippen molar-refractivity contribution < 1.29 is 22.7 Å². The number of nitrogens with one attached hydrogen (secondary N) is 1. The van der Waals surface area contributed by atoms with Crippen LogP contribution in [0, 0.1) is 17.5 Å². The van der Waals surface area contributed by atoms with Crippen molar-refractivity contribution in [2.75, 3.05) is 84.5 Å². The molecule has 0 spiro atoms. The molecule has 0 radical (unpaired) electrons. The molecule has 1 atom stereocenters. The molecule has 3 aliphatic heterocycles. The van der Waals surface area contributed by atoms with Crippen LogP contribution < -0.4 is 10.2 Å². The second-order valence-electron chi connectivity index (χ2n) is 10.9. The molecule has 12 heteroatoms. The zero-order valence-electron chi connectivity index (χ0n) is 24.1. The van der Waals surface area contributed by atoms with Gasteiger partial charge in [0.05, 0.1) is 23.4 Å². The van der Waals surface area contributed by atoms with E-state index in [0.717, 1.165) is 51.4 Å². The van der Waals surface area contributed by atoms with E-state index in [4.69, 9.17) is 21.3 Å². The molecular weight excluding hydrogens is 569 g/mol. The van der Waals surface area contributed by atoms with Crippen LogP contribution in [0.15, 0.2) is 46.6 Å². The number of rotatable bonds is 7. The summed E-state index contributed by atoms with van der Waals surface area (Å²) in [5.41, 5.74) is 1.55. The second kappa shape index (κ2) is 13.0. The quantitative estimate of drug-likeness (QED) is 0.484. The molecule has 0 aromatic heterocycles. The number of nitrogens with zero attached hydrogens (tertiary/aromatic N) is 5. The summed E-state index contributed by atoms with van der Waals surface area (Å²) in [4.78, 5) is 26.8. The highest BCUT2D eigenvalue weighted by atomic mass is 35.5. The van der Waals surface area contributed by atoms with Crippen LogP contribution in [0.25, 0.3) is 0 Å². The average molecular weight is 605 g/mol. The van der Waals surface area contributed by atoms with E-state index in [0.29, 0.717) is 36.6 Å². The highest BCUT2D eigenvalue weighted by Crippen LogP contribution is 2.38. The Labute approximate surface area is 249 Å². The minimum Gasteiger partial charge on any atom is -0.463 e. The molecule has 42 heavy (non-hydrogen) atoms. The Kier molecular flexibility index (Phi) is 9.41. The van der Waals surface area contributed by atoms with Gasteiger partial charge in [-0.1, -0.05) is 17.7 Å². The summed E-state index contributed by atoms with van der Waals surface area (Å²) >= 11 is 6.52. The van der Waals surface area contributed by atoms with E-state index < -0.39 is 29.5 Å². The van der Waals surface area contributed by atoms with Gasteiger partial charge in [-0.05, 0) is 39.2 Å². The van der Waals surface area contributed by atoms with Crippen molar-refractivity contribution in [3.63, 3.8) is 0 Å². The van der Waals surface area contributed by atoms with Crippen molar-refractivity contribution in [2.24, 2.45) is 4.99 Å². The Balaban J connectivity index is 1.66. The van der Waals surface area contributed by atoms with Gasteiger partial charge in [-0.15, -0.1) is 0 Å². The third-order valence-corrected chi connectivity index (χ3v) is 8.30. The molecule has 2 aromatic rings. The van der Waals surface area contributed by atoms with Crippen molar-refractivity contribution in [2.45, 2.75) is 13.0 Å². The number of carbonyl (C=O) groups is 1. The van der Waals surface area contributed by atoms with Crippen LogP contribution in [0.2, 0.25) is 5.02 Å². The second-order valence-corrected chi connectivity index (χ2v) is 11.3. The van der Waals surface area contributed by atoms with Crippen LogP contribution >= 0.6 is 11.6 Å². The first-order chi connectivity index (χ1) is 20.1. The number of anilines is 1. The van der Waals surface area contributed by atoms with E-state index in [2.05, 4.69) is 20.0 Å². The summed E-state index contributed by atoms with van der Waals surface area (Å²) in [5, 5.41) is 3.33. The molecule has 1 unspecified atom stereocenters. The van der Waals surface area contributed by atoms with Gasteiger partial charge in [-0.25, -0.2) is 18.0 Å². The van der Waals surface area contributed by atoms with E-state index in [9.17, 15) is 13.6 Å². The average Bonchev–Trinajstić information content (AvgIpc) is 2.94. The maximum atomic E-state index is 15.8. The van der Waals surface area contributed by atoms with E-state index in [1.165, 1.54) is 18.2 Å². The third-order valence-electron chi connectivity index (χ3n) is 7.97. The Morgan fingerprint density at radius 2 is 1.64 bits per heavy atom. The number of esters is 1. The van der Waals surface area contributed by atoms with E-state index in [-0.39, 0.29) is 28.6 Å². The fourth-order valence-electron chi connectivity index (χ4n) is 5.57. The van der Waals surface area contributed by atoms with Crippen LogP contribution in [0.1, 0.15) is 24.1 Å². The molecule has 2 fully saturated rings. The van der Waals surface area contributed by atoms with Crippen molar-refractivity contribution in [3.8, 4) is 0 Å². The fourth-order valence-corrected chi connectivity index (χ4v) is 5.84. The molecule has 226 valence electrons. The summed E-state index contributed by atoms with van der Waals surface area (Å²) in [7, 11) is 4.05. The number of aliphatic imine (C=N–C) groups is 1. The molecule has 8 nitrogen and oxygen atoms in total. The molecule has 3 aliphatic rings. The largest absolute Gasteiger partial charge is 0.463 e. The maximum absolute atomic E-state index is 15.8. The van der Waals surface area contributed by atoms with Crippen LogP contribution in [-0.4, -0.2) is 106 Å². The number of hydrogen-bond acceptors (Lipinski definition) is 8. The van der Waals surface area contributed by atoms with E-state index in [1.807, 2.05) is 19.0 Å². The predicted molar refractivity (Wildman–Crippen MR) is 157 cm³/mol. The summed E-state index contributed by atoms with van der Waals surface area (Å²) in [6.45, 7) is 7.98. The first-order valence-electron chi connectivity index (χ1n) is 14.2. The SMILES string of the molecule is CCOC(=O)C1=C(CN2CCN(C)CC2)NC(c2c(F)cc(F)cc2N2CCN(C)CC2)=NC1c1ccc(F)cc1Cl. The van der Waals surface area contributed by atoms with Gasteiger partial charge >= 0.3 is 5.97 Å². The number of hydrogen-bond donors (Lipinski definition) is 1. The maximum Gasteiger partial charge on any atom is 0.338 e. The number of halogens is 4. The fraction of sp³-hybridized carbons (Fsp3) is 0.467. The van der Waals surface area contributed by atoms with Gasteiger partial charge in [0, 0.05) is 81.3 Å². The van der Waals surface area contributed by atoms with Crippen LogP contribution in [0.3, 0.4) is 0 Å². The molecule has 0 amide bonds. The molecule has 2 saturated heterocycles. The summed E-state index contributed by atoms with van der Waals surface area (Å²) in [5.74, 6) is -2.47. The highest BCUT2D eigenvalue weighted by Gasteiger charge is 2.36. The van der Waals surface area contributed by atoms with Gasteiger partial charge < -0.3 is 24.8 Å². The molecule has 3 heterocycles. The predicted octanol–water partition coefficient (Wildman–Crippen LogP) is 3.66. The van der Waals surface area contributed by atoms with Crippen LogP contribution in [0.4, 0.5) is 18.9 Å². The number of ether oxygens (including phenoxy) is 1. The monoisotopic (exact) mass is 604 g/mol. The Bertz CT molecular complexity index is 1390. The lowest BCUT2D eigenvalue weighted by Crippen LogP contribution is -2.48. The summed E-state index contributed by atoms with van der Waals surface area (Å²) in [6, 6.07) is 5.02. The topological polar surface area (TPSA) is 63.7 Å². The zero-order chi connectivity index (χ0) is 30.0. The lowest BCUT2D eigenvalue weighted by Gasteiger charge is -2.37. The lowest BCUT2D eigenvalue weighted by atomic mass is 9.94. The van der Waals surface area contributed by atoms with Crippen molar-refractivity contribution in [1.82, 2.24) is 20.0 Å². The number of piperazine rings is 2. The Hall–Kier alpha value is -3.12. The molecule has 1 N–H and O–H groups in total. The third kappa shape index (κ3) is 6.59. The Morgan fingerprint density at radius 3 is 2.29 bits per heavy atom. The number of carbonyl (C=O) groups excluding carboxylic acids is 1. The van der Waals surface area contributed by atoms with Crippen molar-refractivity contribution >= 4 is 29.1 Å². The number of amidine groups is 1. The van der Waals surface area contributed by atoms with Gasteiger partial charge in [0.1, 0.15) is 29.3 Å².